The maximum Gasteiger partial charge on any atom is 0.149 e. The molecular formula is C24H20ClN5O. The number of fused-ring (bicyclic) bond motifs is 1. The van der Waals surface area contributed by atoms with Gasteiger partial charge < -0.3 is 4.74 Å². The molecule has 0 saturated carbocycles. The van der Waals surface area contributed by atoms with Gasteiger partial charge in [0.05, 0.1) is 10.7 Å². The van der Waals surface area contributed by atoms with E-state index in [1.165, 1.54) is 0 Å². The van der Waals surface area contributed by atoms with E-state index in [1.54, 1.807) is 15.6 Å². The first-order valence-corrected chi connectivity index (χ1v) is 10.3. The third-order valence-corrected chi connectivity index (χ3v) is 5.41. The number of aryl methyl sites for hydroxylation is 2. The third-order valence-electron chi connectivity index (χ3n) is 5.10. The van der Waals surface area contributed by atoms with E-state index < -0.39 is 0 Å². The Morgan fingerprint density at radius 3 is 2.61 bits per heavy atom. The van der Waals surface area contributed by atoms with Gasteiger partial charge in [0.25, 0.3) is 0 Å². The Morgan fingerprint density at radius 2 is 1.87 bits per heavy atom. The van der Waals surface area contributed by atoms with Crippen molar-refractivity contribution in [3.8, 4) is 22.7 Å². The van der Waals surface area contributed by atoms with Crippen molar-refractivity contribution in [2.45, 2.75) is 13.5 Å². The Kier molecular flexibility index (Phi) is 4.92. The third kappa shape index (κ3) is 3.66. The first kappa shape index (κ1) is 19.3. The molecule has 0 amide bonds. The van der Waals surface area contributed by atoms with Crippen molar-refractivity contribution in [3.05, 3.63) is 89.3 Å². The summed E-state index contributed by atoms with van der Waals surface area (Å²) in [6, 6.07) is 19.7. The first-order chi connectivity index (χ1) is 15.1. The van der Waals surface area contributed by atoms with Gasteiger partial charge in [0.1, 0.15) is 29.1 Å². The van der Waals surface area contributed by atoms with E-state index in [9.17, 15) is 0 Å². The molecule has 6 nitrogen and oxygen atoms in total. The van der Waals surface area contributed by atoms with Crippen LogP contribution in [0.2, 0.25) is 5.02 Å². The van der Waals surface area contributed by atoms with Gasteiger partial charge in [-0.15, -0.1) is 0 Å². The number of aromatic nitrogens is 5. The molecule has 0 fully saturated rings. The van der Waals surface area contributed by atoms with Crippen LogP contribution < -0.4 is 4.74 Å². The van der Waals surface area contributed by atoms with Crippen LogP contribution in [0, 0.1) is 6.92 Å². The Balaban J connectivity index is 1.57. The maximum absolute atomic E-state index is 6.66. The minimum atomic E-state index is 0.471. The fourth-order valence-corrected chi connectivity index (χ4v) is 3.91. The monoisotopic (exact) mass is 429 g/mol. The number of pyridine rings is 1. The number of nitrogens with zero attached hydrogens (tertiary/aromatic N) is 5. The number of hydrogen-bond acceptors (Lipinski definition) is 4. The van der Waals surface area contributed by atoms with Gasteiger partial charge >= 0.3 is 0 Å². The van der Waals surface area contributed by atoms with E-state index in [4.69, 9.17) is 26.4 Å². The van der Waals surface area contributed by atoms with Crippen molar-refractivity contribution >= 4 is 22.6 Å². The predicted octanol–water partition coefficient (Wildman–Crippen LogP) is 5.36. The Bertz CT molecular complexity index is 1360. The van der Waals surface area contributed by atoms with Gasteiger partial charge in [-0.2, -0.15) is 10.2 Å². The van der Waals surface area contributed by atoms with E-state index in [1.807, 2.05) is 80.8 Å². The highest BCUT2D eigenvalue weighted by atomic mass is 35.5. The second-order valence-electron chi connectivity index (χ2n) is 7.32. The molecule has 7 heteroatoms. The van der Waals surface area contributed by atoms with Crippen LogP contribution in [0.4, 0.5) is 0 Å². The zero-order valence-corrected chi connectivity index (χ0v) is 17.9. The number of halogens is 1. The minimum absolute atomic E-state index is 0.471. The lowest BCUT2D eigenvalue weighted by atomic mass is 10.1. The normalized spacial score (nSPS) is 11.2. The van der Waals surface area contributed by atoms with Crippen LogP contribution >= 0.6 is 11.6 Å². The van der Waals surface area contributed by atoms with Crippen molar-refractivity contribution in [1.82, 2.24) is 24.5 Å². The minimum Gasteiger partial charge on any atom is -0.487 e. The summed E-state index contributed by atoms with van der Waals surface area (Å²) < 4.78 is 9.74. The molecule has 0 aliphatic rings. The van der Waals surface area contributed by atoms with Gasteiger partial charge in [-0.25, -0.2) is 9.67 Å². The van der Waals surface area contributed by atoms with Gasteiger partial charge in [-0.3, -0.25) is 4.68 Å². The quantitative estimate of drug-likeness (QED) is 0.377. The van der Waals surface area contributed by atoms with Crippen LogP contribution in [0.1, 0.15) is 11.3 Å². The summed E-state index contributed by atoms with van der Waals surface area (Å²) in [6.45, 7) is 2.42. The summed E-state index contributed by atoms with van der Waals surface area (Å²) in [4.78, 5) is 4.76. The Morgan fingerprint density at radius 1 is 1.03 bits per heavy atom. The Hall–Kier alpha value is -3.64. The molecule has 0 atom stereocenters. The second kappa shape index (κ2) is 7.89. The zero-order chi connectivity index (χ0) is 21.4. The van der Waals surface area contributed by atoms with Crippen molar-refractivity contribution in [2.24, 2.45) is 7.05 Å². The molecule has 154 valence electrons. The van der Waals surface area contributed by atoms with Crippen molar-refractivity contribution in [1.29, 1.82) is 0 Å². The van der Waals surface area contributed by atoms with Gasteiger partial charge in [-0.05, 0) is 36.8 Å². The number of hydrogen-bond donors (Lipinski definition) is 0. The van der Waals surface area contributed by atoms with Gasteiger partial charge in [0.15, 0.2) is 0 Å². The molecule has 0 N–H and O–H groups in total. The van der Waals surface area contributed by atoms with Gasteiger partial charge in [0, 0.05) is 36.8 Å². The average Bonchev–Trinajstić information content (AvgIpc) is 3.41. The molecule has 0 bridgehead atoms. The highest BCUT2D eigenvalue weighted by molar-refractivity contribution is 6.33. The molecule has 5 rings (SSSR count). The van der Waals surface area contributed by atoms with Crippen LogP contribution in [-0.2, 0) is 13.7 Å². The Labute approximate surface area is 184 Å². The van der Waals surface area contributed by atoms with Crippen LogP contribution in [0.3, 0.4) is 0 Å². The van der Waals surface area contributed by atoms with Crippen molar-refractivity contribution in [3.63, 3.8) is 0 Å². The second-order valence-corrected chi connectivity index (χ2v) is 7.73. The standard InChI is InChI=1S/C24H20ClN5O/c1-16-13-21(31-15-17-7-4-3-5-8-17)24-23(27-16)22(28-29(24)2)19-10-9-18(14-20(19)25)30-12-6-11-26-30/h3-14H,15H2,1-2H3. The summed E-state index contributed by atoms with van der Waals surface area (Å²) in [5, 5.41) is 9.59. The number of ether oxygens (including phenoxy) is 1. The smallest absolute Gasteiger partial charge is 0.149 e. The zero-order valence-electron chi connectivity index (χ0n) is 17.2. The number of rotatable bonds is 5. The topological polar surface area (TPSA) is 57.8 Å². The van der Waals surface area contributed by atoms with Crippen LogP contribution in [0.25, 0.3) is 28.0 Å². The molecule has 5 aromatic rings. The van der Waals surface area contributed by atoms with E-state index in [0.29, 0.717) is 11.6 Å². The summed E-state index contributed by atoms with van der Waals surface area (Å²) in [5.74, 6) is 0.747. The van der Waals surface area contributed by atoms with Crippen LogP contribution in [0.5, 0.6) is 5.75 Å². The summed E-state index contributed by atoms with van der Waals surface area (Å²) in [6.07, 6.45) is 3.61. The molecule has 3 heterocycles. The summed E-state index contributed by atoms with van der Waals surface area (Å²) in [7, 11) is 1.89. The molecule has 0 radical (unpaired) electrons. The molecule has 0 aliphatic heterocycles. The fraction of sp³-hybridized carbons (Fsp3) is 0.125. The summed E-state index contributed by atoms with van der Waals surface area (Å²) in [5.41, 5.74) is 5.98. The average molecular weight is 430 g/mol. The van der Waals surface area contributed by atoms with Crippen LogP contribution in [0.15, 0.2) is 73.1 Å². The molecular weight excluding hydrogens is 410 g/mol. The molecule has 0 unspecified atom stereocenters. The molecule has 0 saturated heterocycles. The van der Waals surface area contributed by atoms with E-state index in [0.717, 1.165) is 45.0 Å². The van der Waals surface area contributed by atoms with Crippen molar-refractivity contribution in [2.75, 3.05) is 0 Å². The van der Waals surface area contributed by atoms with E-state index >= 15 is 0 Å². The van der Waals surface area contributed by atoms with Gasteiger partial charge in [0.2, 0.25) is 0 Å². The SMILES string of the molecule is Cc1cc(OCc2ccccc2)c2c(n1)c(-c1ccc(-n3cccn3)cc1Cl)nn2C. The van der Waals surface area contributed by atoms with E-state index in [-0.39, 0.29) is 0 Å². The lowest BCUT2D eigenvalue weighted by Crippen LogP contribution is -1.99. The fourth-order valence-electron chi connectivity index (χ4n) is 3.65. The molecule has 3 aromatic heterocycles. The number of benzene rings is 2. The maximum atomic E-state index is 6.66. The van der Waals surface area contributed by atoms with E-state index in [2.05, 4.69) is 5.10 Å². The lowest BCUT2D eigenvalue weighted by Gasteiger charge is -2.10. The van der Waals surface area contributed by atoms with Gasteiger partial charge in [-0.1, -0.05) is 41.9 Å². The molecule has 2 aromatic carbocycles. The van der Waals surface area contributed by atoms with Crippen LogP contribution in [-0.4, -0.2) is 24.5 Å². The predicted molar refractivity (Wildman–Crippen MR) is 122 cm³/mol. The largest absolute Gasteiger partial charge is 0.487 e. The molecule has 0 spiro atoms. The lowest BCUT2D eigenvalue weighted by molar-refractivity contribution is 0.308. The first-order valence-electron chi connectivity index (χ1n) is 9.91. The summed E-state index contributed by atoms with van der Waals surface area (Å²) >= 11 is 6.66. The highest BCUT2D eigenvalue weighted by Crippen LogP contribution is 2.36. The molecule has 0 aliphatic carbocycles. The molecule has 31 heavy (non-hydrogen) atoms. The van der Waals surface area contributed by atoms with Crippen molar-refractivity contribution < 1.29 is 4.74 Å². The highest BCUT2D eigenvalue weighted by Gasteiger charge is 2.19.